The number of aromatic nitrogens is 2. The number of imidazole rings is 1. The fraction of sp³-hybridized carbons (Fsp3) is 0.263. The Labute approximate surface area is 150 Å². The van der Waals surface area contributed by atoms with Crippen LogP contribution in [0.3, 0.4) is 0 Å². The Balaban J connectivity index is 2.05. The monoisotopic (exact) mass is 357 g/mol. The van der Waals surface area contributed by atoms with E-state index in [0.717, 1.165) is 16.6 Å². The lowest BCUT2D eigenvalue weighted by Gasteiger charge is -2.13. The molecule has 6 nitrogen and oxygen atoms in total. The first kappa shape index (κ1) is 17.7. The van der Waals surface area contributed by atoms with Crippen molar-refractivity contribution in [2.45, 2.75) is 20.4 Å². The summed E-state index contributed by atoms with van der Waals surface area (Å²) in [5, 5.41) is 2.69. The number of hydrogen-bond acceptors (Lipinski definition) is 4. The van der Waals surface area contributed by atoms with Crippen LogP contribution in [-0.2, 0) is 6.54 Å². The summed E-state index contributed by atoms with van der Waals surface area (Å²) in [5.74, 6) is -0.684. The zero-order chi connectivity index (χ0) is 18.8. The van der Waals surface area contributed by atoms with Crippen molar-refractivity contribution in [1.82, 2.24) is 9.55 Å². The topological polar surface area (TPSA) is 65.4 Å². The molecule has 1 amide bonds. The summed E-state index contributed by atoms with van der Waals surface area (Å²) in [6.45, 7) is 4.52. The van der Waals surface area contributed by atoms with Gasteiger partial charge < -0.3 is 14.0 Å². The van der Waals surface area contributed by atoms with E-state index in [4.69, 9.17) is 9.47 Å². The number of nitrogens with one attached hydrogen (secondary N) is 1. The molecule has 0 aliphatic rings. The maximum absolute atomic E-state index is 14.3. The molecule has 0 saturated carbocycles. The predicted molar refractivity (Wildman–Crippen MR) is 97.6 cm³/mol. The van der Waals surface area contributed by atoms with E-state index in [2.05, 4.69) is 10.3 Å². The second-order valence-corrected chi connectivity index (χ2v) is 5.78. The number of carbonyl (C=O) groups is 1. The van der Waals surface area contributed by atoms with E-state index < -0.39 is 11.7 Å². The molecule has 0 bridgehead atoms. The van der Waals surface area contributed by atoms with Gasteiger partial charge in [0.25, 0.3) is 5.91 Å². The molecule has 1 heterocycles. The Morgan fingerprint density at radius 2 is 2.00 bits per heavy atom. The van der Waals surface area contributed by atoms with E-state index in [0.29, 0.717) is 12.5 Å². The van der Waals surface area contributed by atoms with Crippen LogP contribution in [0, 0.1) is 12.7 Å². The van der Waals surface area contributed by atoms with E-state index in [1.807, 2.05) is 36.6 Å². The lowest BCUT2D eigenvalue weighted by Crippen LogP contribution is -2.18. The molecule has 3 rings (SSSR count). The Bertz CT molecular complexity index is 982. The molecule has 0 atom stereocenters. The Hall–Kier alpha value is -3.09. The van der Waals surface area contributed by atoms with Gasteiger partial charge in [-0.3, -0.25) is 10.1 Å². The first-order valence-electron chi connectivity index (χ1n) is 8.18. The number of halogens is 1. The lowest BCUT2D eigenvalue weighted by atomic mass is 10.1. The molecule has 0 aliphatic heterocycles. The molecule has 7 heteroatoms. The third-order valence-electron chi connectivity index (χ3n) is 4.17. The van der Waals surface area contributed by atoms with Crippen molar-refractivity contribution in [3.05, 3.63) is 47.3 Å². The molecule has 0 fully saturated rings. The van der Waals surface area contributed by atoms with Crippen LogP contribution < -0.4 is 14.8 Å². The van der Waals surface area contributed by atoms with Crippen molar-refractivity contribution < 1.29 is 18.7 Å². The molecule has 0 unspecified atom stereocenters. The van der Waals surface area contributed by atoms with E-state index in [1.165, 1.54) is 26.4 Å². The van der Waals surface area contributed by atoms with Gasteiger partial charge in [0.05, 0.1) is 25.3 Å². The maximum atomic E-state index is 14.3. The number of amides is 1. The number of nitrogens with zero attached hydrogens (tertiary/aromatic N) is 2. The zero-order valence-electron chi connectivity index (χ0n) is 15.1. The third-order valence-corrected chi connectivity index (χ3v) is 4.17. The van der Waals surface area contributed by atoms with Gasteiger partial charge in [0.1, 0.15) is 11.4 Å². The molecule has 0 aliphatic carbocycles. The molecule has 136 valence electrons. The normalized spacial score (nSPS) is 10.8. The summed E-state index contributed by atoms with van der Waals surface area (Å²) in [5.41, 5.74) is 2.50. The van der Waals surface area contributed by atoms with Crippen LogP contribution >= 0.6 is 0 Å². The van der Waals surface area contributed by atoms with Crippen molar-refractivity contribution in [3.63, 3.8) is 0 Å². The summed E-state index contributed by atoms with van der Waals surface area (Å²) < 4.78 is 26.5. The van der Waals surface area contributed by atoms with Crippen LogP contribution in [0.2, 0.25) is 0 Å². The van der Waals surface area contributed by atoms with Crippen LogP contribution in [0.4, 0.5) is 10.3 Å². The average Bonchev–Trinajstić information content (AvgIpc) is 2.96. The van der Waals surface area contributed by atoms with Gasteiger partial charge in [0, 0.05) is 6.54 Å². The summed E-state index contributed by atoms with van der Waals surface area (Å²) in [6.07, 6.45) is 0. The smallest absolute Gasteiger partial charge is 0.264 e. The van der Waals surface area contributed by atoms with Crippen molar-refractivity contribution in [3.8, 4) is 11.5 Å². The lowest BCUT2D eigenvalue weighted by molar-refractivity contribution is 0.101. The van der Waals surface area contributed by atoms with Crippen molar-refractivity contribution in [2.75, 3.05) is 19.5 Å². The molecule has 0 radical (unpaired) electrons. The minimum Gasteiger partial charge on any atom is -0.493 e. The van der Waals surface area contributed by atoms with Crippen LogP contribution in [0.5, 0.6) is 11.5 Å². The van der Waals surface area contributed by atoms with Gasteiger partial charge in [0.15, 0.2) is 11.5 Å². The Morgan fingerprint density at radius 3 is 2.65 bits per heavy atom. The largest absolute Gasteiger partial charge is 0.493 e. The average molecular weight is 357 g/mol. The van der Waals surface area contributed by atoms with Gasteiger partial charge in [-0.15, -0.1) is 0 Å². The van der Waals surface area contributed by atoms with Crippen LogP contribution in [0.25, 0.3) is 11.0 Å². The first-order valence-corrected chi connectivity index (χ1v) is 8.18. The van der Waals surface area contributed by atoms with Crippen LogP contribution in [0.1, 0.15) is 22.8 Å². The SMILES string of the molecule is CCn1c(NC(=O)c2c(F)ccc(OC)c2OC)nc2cc(C)ccc21. The number of aryl methyl sites for hydroxylation is 2. The van der Waals surface area contributed by atoms with Crippen molar-refractivity contribution >= 4 is 22.9 Å². The standard InChI is InChI=1S/C19H20FN3O3/c1-5-23-14-8-6-11(2)10-13(14)21-19(23)22-18(24)16-12(20)7-9-15(25-3)17(16)26-4/h6-10H,5H2,1-4H3,(H,21,22,24). The van der Waals surface area contributed by atoms with E-state index in [-0.39, 0.29) is 17.1 Å². The number of fused-ring (bicyclic) bond motifs is 1. The van der Waals surface area contributed by atoms with Gasteiger partial charge >= 0.3 is 0 Å². The first-order chi connectivity index (χ1) is 12.5. The van der Waals surface area contributed by atoms with E-state index in [9.17, 15) is 9.18 Å². The van der Waals surface area contributed by atoms with E-state index in [1.54, 1.807) is 0 Å². The minimum atomic E-state index is -0.699. The van der Waals surface area contributed by atoms with E-state index >= 15 is 0 Å². The number of carbonyl (C=O) groups excluding carboxylic acids is 1. The number of rotatable bonds is 5. The van der Waals surface area contributed by atoms with Crippen molar-refractivity contribution in [1.29, 1.82) is 0 Å². The molecular formula is C19H20FN3O3. The highest BCUT2D eigenvalue weighted by molar-refractivity contribution is 6.06. The zero-order valence-corrected chi connectivity index (χ0v) is 15.1. The second-order valence-electron chi connectivity index (χ2n) is 5.78. The maximum Gasteiger partial charge on any atom is 0.264 e. The fourth-order valence-electron chi connectivity index (χ4n) is 2.93. The van der Waals surface area contributed by atoms with Gasteiger partial charge in [-0.1, -0.05) is 6.07 Å². The molecule has 0 saturated heterocycles. The highest BCUT2D eigenvalue weighted by Crippen LogP contribution is 2.33. The molecule has 26 heavy (non-hydrogen) atoms. The number of benzene rings is 2. The molecule has 0 spiro atoms. The molecule has 3 aromatic rings. The minimum absolute atomic E-state index is 0.0417. The summed E-state index contributed by atoms with van der Waals surface area (Å²) in [4.78, 5) is 17.2. The van der Waals surface area contributed by atoms with Gasteiger partial charge in [-0.05, 0) is 43.7 Å². The van der Waals surface area contributed by atoms with Crippen LogP contribution in [-0.4, -0.2) is 29.7 Å². The Morgan fingerprint density at radius 1 is 1.23 bits per heavy atom. The number of methoxy groups -OCH3 is 2. The number of anilines is 1. The third kappa shape index (κ3) is 2.96. The highest BCUT2D eigenvalue weighted by atomic mass is 19.1. The number of hydrogen-bond donors (Lipinski definition) is 1. The predicted octanol–water partition coefficient (Wildman–Crippen LogP) is 3.77. The fourth-order valence-corrected chi connectivity index (χ4v) is 2.93. The second kappa shape index (κ2) is 7.03. The quantitative estimate of drug-likeness (QED) is 0.755. The summed E-state index contributed by atoms with van der Waals surface area (Å²) in [7, 11) is 2.79. The summed E-state index contributed by atoms with van der Waals surface area (Å²) in [6, 6.07) is 8.44. The molecule has 1 aromatic heterocycles. The molecule has 2 aromatic carbocycles. The molecular weight excluding hydrogens is 337 g/mol. The van der Waals surface area contributed by atoms with Crippen LogP contribution in [0.15, 0.2) is 30.3 Å². The van der Waals surface area contributed by atoms with Crippen molar-refractivity contribution in [2.24, 2.45) is 0 Å². The molecule has 1 N–H and O–H groups in total. The van der Waals surface area contributed by atoms with Gasteiger partial charge in [0.2, 0.25) is 5.95 Å². The Kier molecular flexibility index (Phi) is 4.79. The van der Waals surface area contributed by atoms with Gasteiger partial charge in [-0.2, -0.15) is 0 Å². The van der Waals surface area contributed by atoms with Gasteiger partial charge in [-0.25, -0.2) is 9.37 Å². The highest BCUT2D eigenvalue weighted by Gasteiger charge is 2.23. The summed E-state index contributed by atoms with van der Waals surface area (Å²) >= 11 is 0. The number of ether oxygens (including phenoxy) is 2.